The van der Waals surface area contributed by atoms with Gasteiger partial charge in [0.15, 0.2) is 0 Å². The van der Waals surface area contributed by atoms with Crippen molar-refractivity contribution in [2.24, 2.45) is 0 Å². The number of hydrogen-bond acceptors (Lipinski definition) is 2. The number of hydrogen-bond donors (Lipinski definition) is 0. The number of ether oxygens (including phenoxy) is 1. The molecular formula is C15H13NO2. The van der Waals surface area contributed by atoms with Crippen LogP contribution in [-0.2, 0) is 16.0 Å². The van der Waals surface area contributed by atoms with Gasteiger partial charge in [-0.05, 0) is 16.3 Å². The van der Waals surface area contributed by atoms with E-state index >= 15 is 0 Å². The van der Waals surface area contributed by atoms with E-state index in [1.165, 1.54) is 7.11 Å². The molecule has 3 nitrogen and oxygen atoms in total. The lowest BCUT2D eigenvalue weighted by Crippen LogP contribution is -2.20. The van der Waals surface area contributed by atoms with Gasteiger partial charge in [0.25, 0.3) is 0 Å². The normalized spacial score (nSPS) is 11.8. The van der Waals surface area contributed by atoms with Crippen molar-refractivity contribution in [1.82, 2.24) is 0 Å². The minimum atomic E-state index is -0.754. The highest BCUT2D eigenvalue weighted by atomic mass is 16.5. The molecule has 0 saturated carbocycles. The summed E-state index contributed by atoms with van der Waals surface area (Å²) in [5, 5.41) is 2.27. The Labute approximate surface area is 106 Å². The lowest BCUT2D eigenvalue weighted by Gasteiger charge is -2.05. The second-order valence-electron chi connectivity index (χ2n) is 4.05. The quantitative estimate of drug-likeness (QED) is 0.609. The van der Waals surface area contributed by atoms with Gasteiger partial charge in [0.1, 0.15) is 0 Å². The summed E-state index contributed by atoms with van der Waals surface area (Å²) in [6.45, 7) is 7.03. The molecule has 0 saturated heterocycles. The number of rotatable bonds is 3. The number of carbonyl (C=O) groups excluding carboxylic acids is 1. The van der Waals surface area contributed by atoms with Gasteiger partial charge in [-0.25, -0.2) is 11.4 Å². The first-order valence-corrected chi connectivity index (χ1v) is 5.66. The van der Waals surface area contributed by atoms with E-state index in [4.69, 9.17) is 6.57 Å². The van der Waals surface area contributed by atoms with E-state index in [1.54, 1.807) is 0 Å². The van der Waals surface area contributed by atoms with Crippen LogP contribution in [0.15, 0.2) is 42.5 Å². The van der Waals surface area contributed by atoms with Crippen molar-refractivity contribution in [3.05, 3.63) is 59.4 Å². The third-order valence-corrected chi connectivity index (χ3v) is 2.87. The third kappa shape index (κ3) is 2.49. The summed E-state index contributed by atoms with van der Waals surface area (Å²) in [7, 11) is 1.31. The number of fused-ring (bicyclic) bond motifs is 1. The second-order valence-corrected chi connectivity index (χ2v) is 4.05. The fourth-order valence-electron chi connectivity index (χ4n) is 1.91. The highest BCUT2D eigenvalue weighted by Crippen LogP contribution is 2.17. The minimum Gasteiger partial charge on any atom is -0.463 e. The zero-order valence-electron chi connectivity index (χ0n) is 10.1. The fraction of sp³-hybridized carbons (Fsp3) is 0.200. The highest BCUT2D eigenvalue weighted by Gasteiger charge is 2.24. The Morgan fingerprint density at radius 2 is 2.00 bits per heavy atom. The van der Waals surface area contributed by atoms with Crippen LogP contribution in [0.25, 0.3) is 15.6 Å². The molecule has 18 heavy (non-hydrogen) atoms. The molecular weight excluding hydrogens is 226 g/mol. The van der Waals surface area contributed by atoms with Crippen LogP contribution in [0.5, 0.6) is 0 Å². The van der Waals surface area contributed by atoms with Crippen LogP contribution in [0.3, 0.4) is 0 Å². The van der Waals surface area contributed by atoms with Crippen LogP contribution in [-0.4, -0.2) is 19.1 Å². The number of nitrogens with zero attached hydrogens (tertiary/aromatic N) is 1. The molecule has 0 aliphatic heterocycles. The van der Waals surface area contributed by atoms with Gasteiger partial charge in [-0.15, -0.1) is 0 Å². The van der Waals surface area contributed by atoms with Gasteiger partial charge in [-0.1, -0.05) is 42.5 Å². The summed E-state index contributed by atoms with van der Waals surface area (Å²) in [4.78, 5) is 14.7. The van der Waals surface area contributed by atoms with Crippen LogP contribution >= 0.6 is 0 Å². The fourth-order valence-corrected chi connectivity index (χ4v) is 1.91. The van der Waals surface area contributed by atoms with Gasteiger partial charge < -0.3 is 9.58 Å². The van der Waals surface area contributed by atoms with E-state index in [0.29, 0.717) is 6.42 Å². The molecule has 0 amide bonds. The van der Waals surface area contributed by atoms with Crippen molar-refractivity contribution in [3.8, 4) is 0 Å². The molecule has 90 valence electrons. The lowest BCUT2D eigenvalue weighted by atomic mass is 10.0. The minimum absolute atomic E-state index is 0.390. The molecule has 0 N–H and O–H groups in total. The van der Waals surface area contributed by atoms with E-state index in [2.05, 4.69) is 9.58 Å². The molecule has 0 radical (unpaired) electrons. The highest BCUT2D eigenvalue weighted by molar-refractivity contribution is 5.83. The molecule has 0 spiro atoms. The van der Waals surface area contributed by atoms with Crippen LogP contribution in [0.4, 0.5) is 0 Å². The smallest absolute Gasteiger partial charge is 0.390 e. The predicted octanol–water partition coefficient (Wildman–Crippen LogP) is 2.84. The van der Waals surface area contributed by atoms with Gasteiger partial charge in [0.05, 0.1) is 13.5 Å². The van der Waals surface area contributed by atoms with Gasteiger partial charge in [-0.3, -0.25) is 0 Å². The Hall–Kier alpha value is -2.34. The zero-order chi connectivity index (χ0) is 13.0. The van der Waals surface area contributed by atoms with Crippen LogP contribution in [0.1, 0.15) is 5.56 Å². The van der Waals surface area contributed by atoms with Crippen molar-refractivity contribution in [2.75, 3.05) is 7.11 Å². The van der Waals surface area contributed by atoms with Crippen molar-refractivity contribution in [1.29, 1.82) is 0 Å². The van der Waals surface area contributed by atoms with Gasteiger partial charge in [0.2, 0.25) is 0 Å². The summed E-state index contributed by atoms with van der Waals surface area (Å²) < 4.78 is 4.61. The molecule has 3 heteroatoms. The standard InChI is InChI=1S/C15H13NO2/c1-16-14(15(17)18-2)10-11-7-8-12-5-3-4-6-13(12)9-11/h3-9,14H,10H2,2H3. The Balaban J connectivity index is 2.26. The molecule has 0 aliphatic rings. The summed E-state index contributed by atoms with van der Waals surface area (Å²) in [5.41, 5.74) is 0.972. The zero-order valence-corrected chi connectivity index (χ0v) is 10.1. The van der Waals surface area contributed by atoms with Crippen LogP contribution < -0.4 is 0 Å². The third-order valence-electron chi connectivity index (χ3n) is 2.87. The first-order chi connectivity index (χ1) is 8.74. The maximum atomic E-state index is 11.4. The van der Waals surface area contributed by atoms with E-state index in [9.17, 15) is 4.79 Å². The molecule has 0 heterocycles. The molecule has 1 unspecified atom stereocenters. The summed E-state index contributed by atoms with van der Waals surface area (Å²) in [6, 6.07) is 13.2. The predicted molar refractivity (Wildman–Crippen MR) is 70.1 cm³/mol. The first kappa shape index (κ1) is 12.1. The molecule has 2 aromatic carbocycles. The number of methoxy groups -OCH3 is 1. The topological polar surface area (TPSA) is 30.7 Å². The SMILES string of the molecule is [C-]#[N+]C(Cc1ccc2ccccc2c1)C(=O)OC. The Morgan fingerprint density at radius 3 is 2.67 bits per heavy atom. The van der Waals surface area contributed by atoms with Gasteiger partial charge >= 0.3 is 12.0 Å². The van der Waals surface area contributed by atoms with Crippen molar-refractivity contribution in [2.45, 2.75) is 12.5 Å². The molecule has 2 aromatic rings. The average molecular weight is 239 g/mol. The maximum Gasteiger partial charge on any atom is 0.390 e. The monoisotopic (exact) mass is 239 g/mol. The molecule has 0 bridgehead atoms. The largest absolute Gasteiger partial charge is 0.463 e. The van der Waals surface area contributed by atoms with Gasteiger partial charge in [0, 0.05) is 0 Å². The Kier molecular flexibility index (Phi) is 3.59. The van der Waals surface area contributed by atoms with Crippen molar-refractivity contribution in [3.63, 3.8) is 0 Å². The van der Waals surface area contributed by atoms with E-state index in [0.717, 1.165) is 16.3 Å². The second kappa shape index (κ2) is 5.33. The van der Waals surface area contributed by atoms with E-state index in [-0.39, 0.29) is 0 Å². The van der Waals surface area contributed by atoms with E-state index < -0.39 is 12.0 Å². The number of benzene rings is 2. The summed E-state index contributed by atoms with van der Waals surface area (Å²) in [6.07, 6.45) is 0.390. The lowest BCUT2D eigenvalue weighted by molar-refractivity contribution is -0.141. The number of carbonyl (C=O) groups is 1. The van der Waals surface area contributed by atoms with Crippen LogP contribution in [0.2, 0.25) is 0 Å². The van der Waals surface area contributed by atoms with Crippen molar-refractivity contribution >= 4 is 16.7 Å². The maximum absolute atomic E-state index is 11.4. The average Bonchev–Trinajstić information content (AvgIpc) is 2.43. The first-order valence-electron chi connectivity index (χ1n) is 5.66. The molecule has 0 aliphatic carbocycles. The van der Waals surface area contributed by atoms with Gasteiger partial charge in [-0.2, -0.15) is 0 Å². The Bertz CT molecular complexity index is 613. The van der Waals surface area contributed by atoms with Crippen LogP contribution in [0, 0.1) is 6.57 Å². The van der Waals surface area contributed by atoms with Crippen molar-refractivity contribution < 1.29 is 9.53 Å². The molecule has 0 fully saturated rings. The van der Waals surface area contributed by atoms with E-state index in [1.807, 2.05) is 42.5 Å². The Morgan fingerprint density at radius 1 is 1.28 bits per heavy atom. The number of esters is 1. The molecule has 1 atom stereocenters. The molecule has 0 aromatic heterocycles. The summed E-state index contributed by atoms with van der Waals surface area (Å²) >= 11 is 0. The summed E-state index contributed by atoms with van der Waals surface area (Å²) in [5.74, 6) is -0.474. The molecule has 2 rings (SSSR count).